The van der Waals surface area contributed by atoms with E-state index in [0.717, 1.165) is 36.8 Å². The molecule has 0 heterocycles. The van der Waals surface area contributed by atoms with Crippen molar-refractivity contribution in [3.8, 4) is 11.5 Å². The Morgan fingerprint density at radius 1 is 0.969 bits per heavy atom. The normalized spacial score (nSPS) is 19.3. The molecule has 0 bridgehead atoms. The van der Waals surface area contributed by atoms with Crippen LogP contribution in [0.4, 0.5) is 0 Å². The van der Waals surface area contributed by atoms with E-state index in [2.05, 4.69) is 10.6 Å². The van der Waals surface area contributed by atoms with E-state index in [1.165, 1.54) is 0 Å². The van der Waals surface area contributed by atoms with Gasteiger partial charge in [-0.2, -0.15) is 0 Å². The van der Waals surface area contributed by atoms with Crippen molar-refractivity contribution in [3.63, 3.8) is 0 Å². The molecule has 8 heteroatoms. The summed E-state index contributed by atoms with van der Waals surface area (Å²) in [6.07, 6.45) is 2.64. The number of hydrogen-bond acceptors (Lipinski definition) is 5. The highest BCUT2D eigenvalue weighted by Crippen LogP contribution is 2.23. The molecular formula is C24H30Cl2N2O4. The van der Waals surface area contributed by atoms with Gasteiger partial charge in [0.2, 0.25) is 0 Å². The highest BCUT2D eigenvalue weighted by molar-refractivity contribution is 6.31. The maximum absolute atomic E-state index is 12.2. The van der Waals surface area contributed by atoms with Gasteiger partial charge < -0.3 is 19.9 Å². The topological polar surface area (TPSA) is 79.8 Å². The largest absolute Gasteiger partial charge is 0.489 e. The van der Waals surface area contributed by atoms with Crippen LogP contribution in [0.15, 0.2) is 36.4 Å². The first kappa shape index (κ1) is 24.6. The molecule has 0 saturated heterocycles. The summed E-state index contributed by atoms with van der Waals surface area (Å²) in [5, 5.41) is 17.8. The zero-order valence-corrected chi connectivity index (χ0v) is 19.9. The standard InChI is InChI=1S/C24H30Cl2N2O4/c1-15-11-19(7-9-21(15)25)31-13-23(29)27-17-3-5-18(6-4-17)28-24(30)14-32-20-8-10-22(26)16(2)12-20/h7-12,17-18,23,27,29H,3-6,13-14H2,1-2H3,(H,28,30). The van der Waals surface area contributed by atoms with Gasteiger partial charge in [0.15, 0.2) is 6.61 Å². The number of aryl methyl sites for hydroxylation is 2. The van der Waals surface area contributed by atoms with Crippen LogP contribution >= 0.6 is 23.2 Å². The zero-order valence-electron chi connectivity index (χ0n) is 18.4. The van der Waals surface area contributed by atoms with Crippen LogP contribution in [0.3, 0.4) is 0 Å². The number of hydrogen-bond donors (Lipinski definition) is 3. The van der Waals surface area contributed by atoms with Crippen LogP contribution in [-0.4, -0.2) is 42.5 Å². The summed E-state index contributed by atoms with van der Waals surface area (Å²) in [4.78, 5) is 12.2. The minimum atomic E-state index is -0.765. The number of amides is 1. The number of nitrogens with one attached hydrogen (secondary N) is 2. The molecular weight excluding hydrogens is 451 g/mol. The average molecular weight is 481 g/mol. The van der Waals surface area contributed by atoms with Crippen molar-refractivity contribution in [2.24, 2.45) is 0 Å². The van der Waals surface area contributed by atoms with Crippen LogP contribution in [0.5, 0.6) is 11.5 Å². The smallest absolute Gasteiger partial charge is 0.258 e. The van der Waals surface area contributed by atoms with Gasteiger partial charge >= 0.3 is 0 Å². The van der Waals surface area contributed by atoms with E-state index < -0.39 is 6.23 Å². The second-order valence-electron chi connectivity index (χ2n) is 8.22. The van der Waals surface area contributed by atoms with E-state index >= 15 is 0 Å². The van der Waals surface area contributed by atoms with Gasteiger partial charge in [0.05, 0.1) is 0 Å². The van der Waals surface area contributed by atoms with Crippen molar-refractivity contribution in [1.82, 2.24) is 10.6 Å². The molecule has 0 radical (unpaired) electrons. The summed E-state index contributed by atoms with van der Waals surface area (Å²) in [5.41, 5.74) is 1.84. The van der Waals surface area contributed by atoms with Crippen molar-refractivity contribution >= 4 is 29.1 Å². The molecule has 6 nitrogen and oxygen atoms in total. The first-order chi connectivity index (χ1) is 15.3. The third-order valence-electron chi connectivity index (χ3n) is 5.56. The number of carbonyl (C=O) groups is 1. The summed E-state index contributed by atoms with van der Waals surface area (Å²) >= 11 is 12.0. The van der Waals surface area contributed by atoms with E-state index in [0.29, 0.717) is 21.5 Å². The first-order valence-electron chi connectivity index (χ1n) is 10.8. The fourth-order valence-corrected chi connectivity index (χ4v) is 3.97. The molecule has 3 N–H and O–H groups in total. The molecule has 0 aromatic heterocycles. The number of halogens is 2. The summed E-state index contributed by atoms with van der Waals surface area (Å²) < 4.78 is 11.2. The first-order valence-corrected chi connectivity index (χ1v) is 11.6. The third kappa shape index (κ3) is 7.55. The molecule has 32 heavy (non-hydrogen) atoms. The number of aliphatic hydroxyl groups excluding tert-OH is 1. The lowest BCUT2D eigenvalue weighted by molar-refractivity contribution is -0.124. The minimum Gasteiger partial charge on any atom is -0.489 e. The Morgan fingerprint density at radius 3 is 2.06 bits per heavy atom. The van der Waals surface area contributed by atoms with E-state index in [1.54, 1.807) is 24.3 Å². The van der Waals surface area contributed by atoms with Crippen molar-refractivity contribution < 1.29 is 19.4 Å². The van der Waals surface area contributed by atoms with Gasteiger partial charge in [-0.05, 0) is 87.1 Å². The summed E-state index contributed by atoms with van der Waals surface area (Å²) in [6.45, 7) is 3.92. The Balaban J connectivity index is 1.33. The summed E-state index contributed by atoms with van der Waals surface area (Å²) in [5.74, 6) is 1.16. The number of ether oxygens (including phenoxy) is 2. The molecule has 1 unspecified atom stereocenters. The second-order valence-corrected chi connectivity index (χ2v) is 9.03. The second kappa shape index (κ2) is 11.8. The zero-order chi connectivity index (χ0) is 23.1. The van der Waals surface area contributed by atoms with Crippen molar-refractivity contribution in [1.29, 1.82) is 0 Å². The fourth-order valence-electron chi connectivity index (χ4n) is 3.73. The van der Waals surface area contributed by atoms with Crippen molar-refractivity contribution in [2.45, 2.75) is 57.8 Å². The number of benzene rings is 2. The summed E-state index contributed by atoms with van der Waals surface area (Å²) in [7, 11) is 0. The lowest BCUT2D eigenvalue weighted by Gasteiger charge is -2.31. The van der Waals surface area contributed by atoms with Crippen LogP contribution in [0.25, 0.3) is 0 Å². The van der Waals surface area contributed by atoms with Gasteiger partial charge in [0.25, 0.3) is 5.91 Å². The Morgan fingerprint density at radius 2 is 1.50 bits per heavy atom. The SMILES string of the molecule is Cc1cc(OCC(=O)NC2CCC(NC(O)COc3ccc(Cl)c(C)c3)CC2)ccc1Cl. The van der Waals surface area contributed by atoms with Crippen LogP contribution < -0.4 is 20.1 Å². The van der Waals surface area contributed by atoms with E-state index in [9.17, 15) is 9.90 Å². The predicted octanol–water partition coefficient (Wildman–Crippen LogP) is 4.40. The van der Waals surface area contributed by atoms with Gasteiger partial charge in [-0.3, -0.25) is 10.1 Å². The van der Waals surface area contributed by atoms with Gasteiger partial charge in [-0.25, -0.2) is 0 Å². The van der Waals surface area contributed by atoms with E-state index in [4.69, 9.17) is 32.7 Å². The summed E-state index contributed by atoms with van der Waals surface area (Å²) in [6, 6.07) is 11.0. The molecule has 1 atom stereocenters. The van der Waals surface area contributed by atoms with Gasteiger partial charge in [-0.1, -0.05) is 23.2 Å². The maximum Gasteiger partial charge on any atom is 0.258 e. The molecule has 3 rings (SSSR count). The quantitative estimate of drug-likeness (QED) is 0.463. The van der Waals surface area contributed by atoms with E-state index in [1.807, 2.05) is 26.0 Å². The van der Waals surface area contributed by atoms with Crippen LogP contribution in [0, 0.1) is 13.8 Å². The lowest BCUT2D eigenvalue weighted by atomic mass is 9.91. The molecule has 0 spiro atoms. The van der Waals surface area contributed by atoms with Crippen molar-refractivity contribution in [2.75, 3.05) is 13.2 Å². The van der Waals surface area contributed by atoms with Crippen LogP contribution in [0.2, 0.25) is 10.0 Å². The Kier molecular flexibility index (Phi) is 9.05. The monoisotopic (exact) mass is 480 g/mol. The molecule has 1 amide bonds. The molecule has 1 fully saturated rings. The third-order valence-corrected chi connectivity index (χ3v) is 6.41. The molecule has 0 aliphatic heterocycles. The molecule has 2 aromatic rings. The van der Waals surface area contributed by atoms with Crippen molar-refractivity contribution in [3.05, 3.63) is 57.6 Å². The Bertz CT molecular complexity index is 917. The number of aliphatic hydroxyl groups is 1. The van der Waals surface area contributed by atoms with Gasteiger partial charge in [-0.15, -0.1) is 0 Å². The molecule has 1 aliphatic rings. The lowest BCUT2D eigenvalue weighted by Crippen LogP contribution is -2.47. The van der Waals surface area contributed by atoms with Crippen LogP contribution in [0.1, 0.15) is 36.8 Å². The Labute approximate surface area is 199 Å². The molecule has 1 aliphatic carbocycles. The number of rotatable bonds is 9. The minimum absolute atomic E-state index is 0.0283. The molecule has 1 saturated carbocycles. The number of carbonyl (C=O) groups excluding carboxylic acids is 1. The predicted molar refractivity (Wildman–Crippen MR) is 127 cm³/mol. The van der Waals surface area contributed by atoms with E-state index in [-0.39, 0.29) is 31.2 Å². The molecule has 174 valence electrons. The maximum atomic E-state index is 12.2. The highest BCUT2D eigenvalue weighted by atomic mass is 35.5. The highest BCUT2D eigenvalue weighted by Gasteiger charge is 2.24. The average Bonchev–Trinajstić information content (AvgIpc) is 2.77. The van der Waals surface area contributed by atoms with Crippen LogP contribution in [-0.2, 0) is 4.79 Å². The Hall–Kier alpha value is -1.99. The fraction of sp³-hybridized carbons (Fsp3) is 0.458. The van der Waals surface area contributed by atoms with Gasteiger partial charge in [0, 0.05) is 22.1 Å². The van der Waals surface area contributed by atoms with Gasteiger partial charge in [0.1, 0.15) is 24.3 Å². The molecule has 2 aromatic carbocycles.